The molecule has 0 radical (unpaired) electrons. The molecule has 0 spiro atoms. The molecule has 0 aliphatic rings. The third kappa shape index (κ3) is 16.6. The molecular weight excluding hydrogens is 726 g/mol. The number of carbonyl (C=O) groups excluding carboxylic acids is 2. The number of guanidine groups is 2. The highest BCUT2D eigenvalue weighted by molar-refractivity contribution is 14.1. The van der Waals surface area contributed by atoms with E-state index in [1.807, 2.05) is 12.1 Å². The van der Waals surface area contributed by atoms with E-state index >= 15 is 0 Å². The number of nitrogens with two attached hydrogens (primary N) is 2. The summed E-state index contributed by atoms with van der Waals surface area (Å²) in [6.45, 7) is 5.34. The Kier molecular flexibility index (Phi) is 18.5. The van der Waals surface area contributed by atoms with Crippen molar-refractivity contribution in [2.75, 3.05) is 72.9 Å². The molecule has 14 nitrogen and oxygen atoms in total. The predicted molar refractivity (Wildman–Crippen MR) is 162 cm³/mol. The Morgan fingerprint density at radius 3 is 1.79 bits per heavy atom. The molecule has 0 bridgehead atoms. The highest BCUT2D eigenvalue weighted by Gasteiger charge is 2.09. The molecule has 0 aromatic heterocycles. The van der Waals surface area contributed by atoms with Gasteiger partial charge in [0, 0.05) is 20.0 Å². The molecule has 3 amide bonds. The minimum Gasteiger partial charge on any atom is -0.490 e. The van der Waals surface area contributed by atoms with Gasteiger partial charge in [0.25, 0.3) is 0 Å². The van der Waals surface area contributed by atoms with Crippen molar-refractivity contribution in [3.8, 4) is 11.5 Å². The first-order valence-electron chi connectivity index (χ1n) is 11.7. The van der Waals surface area contributed by atoms with E-state index in [0.29, 0.717) is 65.8 Å². The normalized spacial score (nSPS) is 11.7. The van der Waals surface area contributed by atoms with Crippen molar-refractivity contribution in [3.05, 3.63) is 19.3 Å². The summed E-state index contributed by atoms with van der Waals surface area (Å²) in [6, 6.07) is 3.39. The van der Waals surface area contributed by atoms with Crippen molar-refractivity contribution in [2.45, 2.75) is 6.92 Å². The fourth-order valence-electron chi connectivity index (χ4n) is 2.54. The molecule has 1 aromatic carbocycles. The van der Waals surface area contributed by atoms with Gasteiger partial charge in [-0.1, -0.05) is 0 Å². The number of nitrogens with one attached hydrogen (secondary N) is 4. The van der Waals surface area contributed by atoms with E-state index in [-0.39, 0.29) is 17.8 Å². The molecule has 0 heterocycles. The lowest BCUT2D eigenvalue weighted by atomic mass is 10.3. The average molecular weight is 762 g/mol. The van der Waals surface area contributed by atoms with Crippen LogP contribution >= 0.6 is 45.2 Å². The molecule has 38 heavy (non-hydrogen) atoms. The Hall–Kier alpha value is -2.16. The van der Waals surface area contributed by atoms with E-state index < -0.39 is 6.03 Å². The van der Waals surface area contributed by atoms with Crippen molar-refractivity contribution in [2.24, 2.45) is 21.5 Å². The summed E-state index contributed by atoms with van der Waals surface area (Å²) in [7, 11) is 1.80. The minimum absolute atomic E-state index is 0.0304. The van der Waals surface area contributed by atoms with Crippen molar-refractivity contribution < 1.29 is 28.5 Å². The van der Waals surface area contributed by atoms with Crippen LogP contribution in [0.3, 0.4) is 0 Å². The Labute approximate surface area is 249 Å². The molecule has 0 aliphatic heterocycles. The summed E-state index contributed by atoms with van der Waals surface area (Å²) in [5, 5.41) is 10.4. The van der Waals surface area contributed by atoms with Crippen molar-refractivity contribution >= 4 is 69.0 Å². The highest BCUT2D eigenvalue weighted by atomic mass is 127. The quantitative estimate of drug-likeness (QED) is 0.0547. The van der Waals surface area contributed by atoms with Crippen LogP contribution in [0.1, 0.15) is 6.92 Å². The van der Waals surface area contributed by atoms with E-state index in [1.165, 1.54) is 6.92 Å². The van der Waals surface area contributed by atoms with Crippen molar-refractivity contribution in [3.63, 3.8) is 0 Å². The van der Waals surface area contributed by atoms with Crippen LogP contribution in [0.5, 0.6) is 11.5 Å². The summed E-state index contributed by atoms with van der Waals surface area (Å²) in [5.74, 6) is 1.29. The number of urea groups is 1. The number of likely N-dealkylation sites (N-methyl/N-ethyl adjacent to an activating group) is 1. The second kappa shape index (κ2) is 20.8. The Morgan fingerprint density at radius 1 is 0.816 bits per heavy atom. The zero-order valence-electron chi connectivity index (χ0n) is 21.5. The Bertz CT molecular complexity index is 935. The summed E-state index contributed by atoms with van der Waals surface area (Å²) in [4.78, 5) is 30.4. The fourth-order valence-corrected chi connectivity index (χ4v) is 3.73. The number of benzene rings is 1. The first-order valence-corrected chi connectivity index (χ1v) is 13.9. The van der Waals surface area contributed by atoms with Crippen molar-refractivity contribution in [1.82, 2.24) is 21.3 Å². The fraction of sp³-hybridized carbons (Fsp3) is 0.545. The van der Waals surface area contributed by atoms with Crippen LogP contribution in [0.15, 0.2) is 22.1 Å². The summed E-state index contributed by atoms with van der Waals surface area (Å²) >= 11 is 4.37. The van der Waals surface area contributed by atoms with Gasteiger partial charge in [0.1, 0.15) is 24.7 Å². The maximum atomic E-state index is 11.6. The average Bonchev–Trinajstić information content (AvgIpc) is 2.84. The number of nitrogens with zero attached hydrogens (tertiary/aromatic N) is 2. The van der Waals surface area contributed by atoms with Gasteiger partial charge in [-0.15, -0.1) is 0 Å². The minimum atomic E-state index is -0.405. The predicted octanol–water partition coefficient (Wildman–Crippen LogP) is -0.0293. The summed E-state index contributed by atoms with van der Waals surface area (Å²) < 4.78 is 24.4. The number of amides is 3. The third-order valence-electron chi connectivity index (χ3n) is 4.20. The molecule has 8 N–H and O–H groups in total. The number of carbonyl (C=O) groups is 2. The highest BCUT2D eigenvalue weighted by Crippen LogP contribution is 2.31. The summed E-state index contributed by atoms with van der Waals surface area (Å²) in [6.07, 6.45) is 0. The van der Waals surface area contributed by atoms with Gasteiger partial charge < -0.3 is 41.0 Å². The van der Waals surface area contributed by atoms with Gasteiger partial charge in [0.2, 0.25) is 5.91 Å². The molecule has 0 saturated carbocycles. The molecule has 0 fully saturated rings. The molecule has 0 aliphatic carbocycles. The number of aliphatic imine (C=N–C) groups is 2. The van der Waals surface area contributed by atoms with Gasteiger partial charge >= 0.3 is 6.03 Å². The molecule has 0 unspecified atom stereocenters. The van der Waals surface area contributed by atoms with Gasteiger partial charge in [-0.25, -0.2) is 4.79 Å². The van der Waals surface area contributed by atoms with Crippen LogP contribution in [0.25, 0.3) is 0 Å². The van der Waals surface area contributed by atoms with Crippen LogP contribution in [0.4, 0.5) is 4.79 Å². The monoisotopic (exact) mass is 762 g/mol. The number of rotatable bonds is 17. The van der Waals surface area contributed by atoms with E-state index in [0.717, 1.165) is 18.6 Å². The van der Waals surface area contributed by atoms with E-state index in [2.05, 4.69) is 76.4 Å². The lowest BCUT2D eigenvalue weighted by molar-refractivity contribution is -0.117. The van der Waals surface area contributed by atoms with Crippen LogP contribution < -0.4 is 42.2 Å². The van der Waals surface area contributed by atoms with Crippen LogP contribution in [-0.2, 0) is 14.3 Å². The zero-order valence-corrected chi connectivity index (χ0v) is 25.8. The topological polar surface area (TPSA) is 196 Å². The van der Waals surface area contributed by atoms with Gasteiger partial charge in [0.05, 0.1) is 46.7 Å². The lowest BCUT2D eigenvalue weighted by Gasteiger charge is -2.13. The molecule has 0 saturated heterocycles. The van der Waals surface area contributed by atoms with Crippen LogP contribution in [0.2, 0.25) is 0 Å². The number of ether oxygens (including phenoxy) is 4. The van der Waals surface area contributed by atoms with Crippen molar-refractivity contribution in [1.29, 1.82) is 0 Å². The van der Waals surface area contributed by atoms with Gasteiger partial charge in [-0.2, -0.15) is 0 Å². The second-order valence-electron chi connectivity index (χ2n) is 7.33. The maximum absolute atomic E-state index is 11.6. The van der Waals surface area contributed by atoms with E-state index in [4.69, 9.17) is 30.4 Å². The zero-order chi connectivity index (χ0) is 28.2. The summed E-state index contributed by atoms with van der Waals surface area (Å²) in [5.41, 5.74) is 11.2. The number of halogens is 2. The van der Waals surface area contributed by atoms with E-state index in [9.17, 15) is 9.59 Å². The third-order valence-corrected chi connectivity index (χ3v) is 5.88. The van der Waals surface area contributed by atoms with Gasteiger partial charge in [0.15, 0.2) is 11.9 Å². The SMILES string of the molecule is CNCCNC(=O)NC(N)=NCCOCCOc1cc(I)c(OCCOCCN=C(N)NC(C)=O)cc1I. The lowest BCUT2D eigenvalue weighted by Crippen LogP contribution is -2.45. The Balaban J connectivity index is 2.23. The van der Waals surface area contributed by atoms with Gasteiger partial charge in [-0.05, 0) is 64.4 Å². The molecular formula is C22H36I2N8O6. The molecule has 214 valence electrons. The maximum Gasteiger partial charge on any atom is 0.321 e. The second-order valence-corrected chi connectivity index (χ2v) is 9.66. The van der Waals surface area contributed by atoms with Crippen LogP contribution in [-0.4, -0.2) is 96.7 Å². The molecule has 1 rings (SSSR count). The molecule has 1 aromatic rings. The first kappa shape index (κ1) is 33.9. The number of hydrogen-bond acceptors (Lipinski definition) is 9. The molecule has 16 heteroatoms. The smallest absolute Gasteiger partial charge is 0.321 e. The van der Waals surface area contributed by atoms with Crippen LogP contribution in [0, 0.1) is 7.14 Å². The molecule has 0 atom stereocenters. The first-order chi connectivity index (χ1) is 18.2. The van der Waals surface area contributed by atoms with Gasteiger partial charge in [-0.3, -0.25) is 25.4 Å². The Morgan fingerprint density at radius 2 is 1.32 bits per heavy atom. The van der Waals surface area contributed by atoms with E-state index in [1.54, 1.807) is 7.05 Å². The largest absolute Gasteiger partial charge is 0.490 e. The number of hydrogen-bond donors (Lipinski definition) is 6. The standard InChI is InChI=1S/C22H36I2N8O6/c1-15(33)31-20(25)28-5-7-35-9-11-37-18-13-17(24)19(14-16(18)23)38-12-10-36-8-6-29-21(26)32-22(34)30-4-3-27-2/h13-14,27H,3-12H2,1-2H3,(H3,25,28,31,33)(H4,26,29,30,32,34).